The van der Waals surface area contributed by atoms with E-state index in [2.05, 4.69) is 15.3 Å². The monoisotopic (exact) mass is 223 g/mol. The van der Waals surface area contributed by atoms with Crippen LogP contribution in [0.25, 0.3) is 0 Å². The van der Waals surface area contributed by atoms with Gasteiger partial charge in [-0.1, -0.05) is 0 Å². The van der Waals surface area contributed by atoms with Crippen molar-refractivity contribution in [3.8, 4) is 0 Å². The van der Waals surface area contributed by atoms with Gasteiger partial charge >= 0.3 is 0 Å². The molecule has 2 rings (SSSR count). The SMILES string of the molecule is CC(Nc1ccnc(F)c1)c1nccs1. The van der Waals surface area contributed by atoms with Gasteiger partial charge in [0.15, 0.2) is 0 Å². The van der Waals surface area contributed by atoms with Gasteiger partial charge in [0.1, 0.15) is 5.01 Å². The zero-order valence-electron chi connectivity index (χ0n) is 8.14. The van der Waals surface area contributed by atoms with Gasteiger partial charge in [-0.2, -0.15) is 4.39 Å². The number of aromatic nitrogens is 2. The summed E-state index contributed by atoms with van der Waals surface area (Å²) in [6.07, 6.45) is 3.19. The number of pyridine rings is 1. The van der Waals surface area contributed by atoms with Crippen LogP contribution in [0.5, 0.6) is 0 Å². The summed E-state index contributed by atoms with van der Waals surface area (Å²) in [5, 5.41) is 6.05. The lowest BCUT2D eigenvalue weighted by atomic mass is 10.3. The van der Waals surface area contributed by atoms with Crippen LogP contribution in [-0.2, 0) is 0 Å². The van der Waals surface area contributed by atoms with Gasteiger partial charge in [0, 0.05) is 29.5 Å². The molecule has 5 heteroatoms. The van der Waals surface area contributed by atoms with Gasteiger partial charge in [0.25, 0.3) is 0 Å². The van der Waals surface area contributed by atoms with E-state index < -0.39 is 5.95 Å². The van der Waals surface area contributed by atoms with Crippen molar-refractivity contribution in [3.63, 3.8) is 0 Å². The van der Waals surface area contributed by atoms with Crippen molar-refractivity contribution in [2.45, 2.75) is 13.0 Å². The first-order valence-corrected chi connectivity index (χ1v) is 5.41. The quantitative estimate of drug-likeness (QED) is 0.813. The van der Waals surface area contributed by atoms with E-state index in [1.54, 1.807) is 23.6 Å². The molecule has 15 heavy (non-hydrogen) atoms. The highest BCUT2D eigenvalue weighted by atomic mass is 32.1. The number of hydrogen-bond donors (Lipinski definition) is 1. The van der Waals surface area contributed by atoms with Gasteiger partial charge in [-0.15, -0.1) is 11.3 Å². The number of nitrogens with zero attached hydrogens (tertiary/aromatic N) is 2. The molecule has 2 aromatic heterocycles. The third-order valence-corrected chi connectivity index (χ3v) is 2.89. The Morgan fingerprint density at radius 1 is 1.40 bits per heavy atom. The third kappa shape index (κ3) is 2.50. The first-order valence-electron chi connectivity index (χ1n) is 4.53. The number of halogens is 1. The van der Waals surface area contributed by atoms with Crippen LogP contribution in [0.2, 0.25) is 0 Å². The fraction of sp³-hybridized carbons (Fsp3) is 0.200. The molecule has 1 atom stereocenters. The molecule has 0 bridgehead atoms. The molecule has 0 aliphatic rings. The largest absolute Gasteiger partial charge is 0.376 e. The molecule has 1 N–H and O–H groups in total. The molecule has 0 radical (unpaired) electrons. The molecule has 78 valence electrons. The second-order valence-corrected chi connectivity index (χ2v) is 4.03. The summed E-state index contributed by atoms with van der Waals surface area (Å²) in [6, 6.07) is 3.17. The molecule has 0 saturated heterocycles. The van der Waals surface area contributed by atoms with Crippen LogP contribution in [0.1, 0.15) is 18.0 Å². The van der Waals surface area contributed by atoms with E-state index in [1.807, 2.05) is 12.3 Å². The van der Waals surface area contributed by atoms with Crippen molar-refractivity contribution in [3.05, 3.63) is 40.9 Å². The Kier molecular flexibility index (Phi) is 2.91. The summed E-state index contributed by atoms with van der Waals surface area (Å²) in [5.41, 5.74) is 0.713. The summed E-state index contributed by atoms with van der Waals surface area (Å²) in [7, 11) is 0. The van der Waals surface area contributed by atoms with Crippen LogP contribution in [0.15, 0.2) is 29.9 Å². The smallest absolute Gasteiger partial charge is 0.214 e. The molecular formula is C10H10FN3S. The maximum Gasteiger partial charge on any atom is 0.214 e. The Balaban J connectivity index is 2.09. The molecular weight excluding hydrogens is 213 g/mol. The van der Waals surface area contributed by atoms with Gasteiger partial charge in [-0.3, -0.25) is 0 Å². The predicted octanol–water partition coefficient (Wildman–Crippen LogP) is 2.85. The highest BCUT2D eigenvalue weighted by Crippen LogP contribution is 2.20. The van der Waals surface area contributed by atoms with Crippen LogP contribution < -0.4 is 5.32 Å². The fourth-order valence-corrected chi connectivity index (χ4v) is 1.90. The third-order valence-electron chi connectivity index (χ3n) is 1.93. The Bertz CT molecular complexity index is 430. The van der Waals surface area contributed by atoms with Gasteiger partial charge in [0.2, 0.25) is 5.95 Å². The minimum Gasteiger partial charge on any atom is -0.376 e. The lowest BCUT2D eigenvalue weighted by molar-refractivity contribution is 0.584. The number of nitrogens with one attached hydrogen (secondary N) is 1. The first-order chi connectivity index (χ1) is 7.25. The molecule has 2 aromatic rings. The van der Waals surface area contributed by atoms with Crippen LogP contribution in [-0.4, -0.2) is 9.97 Å². The topological polar surface area (TPSA) is 37.8 Å². The average Bonchev–Trinajstić information content (AvgIpc) is 2.70. The summed E-state index contributed by atoms with van der Waals surface area (Å²) >= 11 is 1.57. The van der Waals surface area contributed by atoms with E-state index in [0.29, 0.717) is 5.69 Å². The maximum absolute atomic E-state index is 12.8. The zero-order chi connectivity index (χ0) is 10.7. The second kappa shape index (κ2) is 4.35. The number of rotatable bonds is 3. The average molecular weight is 223 g/mol. The molecule has 3 nitrogen and oxygen atoms in total. The van der Waals surface area contributed by atoms with E-state index in [9.17, 15) is 4.39 Å². The van der Waals surface area contributed by atoms with Gasteiger partial charge < -0.3 is 5.32 Å². The zero-order valence-corrected chi connectivity index (χ0v) is 8.96. The minimum atomic E-state index is -0.480. The van der Waals surface area contributed by atoms with Crippen LogP contribution in [0.4, 0.5) is 10.1 Å². The number of hydrogen-bond acceptors (Lipinski definition) is 4. The summed E-state index contributed by atoms with van der Waals surface area (Å²) in [6.45, 7) is 1.98. The number of anilines is 1. The van der Waals surface area contributed by atoms with Crippen molar-refractivity contribution in [1.82, 2.24) is 9.97 Å². The molecule has 0 fully saturated rings. The fourth-order valence-electron chi connectivity index (χ4n) is 1.25. The molecule has 0 aliphatic carbocycles. The van der Waals surface area contributed by atoms with E-state index in [-0.39, 0.29) is 6.04 Å². The maximum atomic E-state index is 12.8. The first kappa shape index (κ1) is 10.0. The lowest BCUT2D eigenvalue weighted by Gasteiger charge is -2.12. The van der Waals surface area contributed by atoms with Crippen molar-refractivity contribution in [1.29, 1.82) is 0 Å². The molecule has 0 aliphatic heterocycles. The molecule has 0 aromatic carbocycles. The second-order valence-electron chi connectivity index (χ2n) is 3.10. The summed E-state index contributed by atoms with van der Waals surface area (Å²) in [4.78, 5) is 7.67. The Labute approximate surface area is 91.0 Å². The van der Waals surface area contributed by atoms with E-state index in [4.69, 9.17) is 0 Å². The Hall–Kier alpha value is -1.49. The minimum absolute atomic E-state index is 0.0757. The molecule has 0 amide bonds. The van der Waals surface area contributed by atoms with Crippen LogP contribution in [0.3, 0.4) is 0 Å². The molecule has 1 unspecified atom stereocenters. The molecule has 0 saturated carbocycles. The predicted molar refractivity (Wildman–Crippen MR) is 58.3 cm³/mol. The van der Waals surface area contributed by atoms with Crippen molar-refractivity contribution < 1.29 is 4.39 Å². The van der Waals surface area contributed by atoms with Gasteiger partial charge in [-0.25, -0.2) is 9.97 Å². The Morgan fingerprint density at radius 3 is 2.93 bits per heavy atom. The molecule has 0 spiro atoms. The number of thiazole rings is 1. The summed E-state index contributed by atoms with van der Waals surface area (Å²) in [5.74, 6) is -0.480. The van der Waals surface area contributed by atoms with Crippen LogP contribution in [0, 0.1) is 5.95 Å². The lowest BCUT2D eigenvalue weighted by Crippen LogP contribution is -2.06. The van der Waals surface area contributed by atoms with Gasteiger partial charge in [0.05, 0.1) is 6.04 Å². The highest BCUT2D eigenvalue weighted by Gasteiger charge is 2.07. The van der Waals surface area contributed by atoms with E-state index >= 15 is 0 Å². The van der Waals surface area contributed by atoms with Crippen molar-refractivity contribution in [2.75, 3.05) is 5.32 Å². The van der Waals surface area contributed by atoms with Crippen LogP contribution >= 0.6 is 11.3 Å². The van der Waals surface area contributed by atoms with E-state index in [1.165, 1.54) is 12.3 Å². The molecule has 2 heterocycles. The van der Waals surface area contributed by atoms with E-state index in [0.717, 1.165) is 5.01 Å². The highest BCUT2D eigenvalue weighted by molar-refractivity contribution is 7.09. The summed E-state index contributed by atoms with van der Waals surface area (Å²) < 4.78 is 12.8. The Morgan fingerprint density at radius 2 is 2.27 bits per heavy atom. The standard InChI is InChI=1S/C10H10FN3S/c1-7(10-13-4-5-15-10)14-8-2-3-12-9(11)6-8/h2-7H,1H3,(H,12,14). The van der Waals surface area contributed by atoms with Gasteiger partial charge in [-0.05, 0) is 13.0 Å². The van der Waals surface area contributed by atoms with Crippen molar-refractivity contribution in [2.24, 2.45) is 0 Å². The normalized spacial score (nSPS) is 12.4. The van der Waals surface area contributed by atoms with Crippen molar-refractivity contribution >= 4 is 17.0 Å².